The molecule has 0 bridgehead atoms. The van der Waals surface area contributed by atoms with Gasteiger partial charge in [0, 0.05) is 6.20 Å². The Hall–Kier alpha value is -1.43. The van der Waals surface area contributed by atoms with Crippen molar-refractivity contribution in [3.05, 3.63) is 28.5 Å². The van der Waals surface area contributed by atoms with Gasteiger partial charge >= 0.3 is 6.18 Å². The van der Waals surface area contributed by atoms with E-state index in [1.807, 2.05) is 0 Å². The van der Waals surface area contributed by atoms with Gasteiger partial charge in [-0.15, -0.1) is 0 Å². The quantitative estimate of drug-likeness (QED) is 0.624. The summed E-state index contributed by atoms with van der Waals surface area (Å²) in [5, 5.41) is -0.411. The second kappa shape index (κ2) is 4.83. The van der Waals surface area contributed by atoms with Crippen molar-refractivity contribution in [2.75, 3.05) is 0 Å². The average Bonchev–Trinajstić information content (AvgIpc) is 2.14. The summed E-state index contributed by atoms with van der Waals surface area (Å²) in [4.78, 5) is 25.4. The van der Waals surface area contributed by atoms with E-state index < -0.39 is 34.7 Å². The molecule has 0 saturated heterocycles. The average molecular weight is 266 g/mol. The molecule has 0 amide bonds. The molecule has 1 aromatic rings. The maximum absolute atomic E-state index is 12.3. The standard InChI is InChI=1S/C10H7ClF3NO2/c1-5(16)2-8(17)9-7(11)3-6(4-15-9)10(12,13)14/h3-4H,2H2,1H3. The molecule has 1 rings (SSSR count). The summed E-state index contributed by atoms with van der Waals surface area (Å²) in [5.74, 6) is -1.11. The van der Waals surface area contributed by atoms with Gasteiger partial charge < -0.3 is 0 Å². The Morgan fingerprint density at radius 1 is 1.41 bits per heavy atom. The molecule has 92 valence electrons. The van der Waals surface area contributed by atoms with E-state index in [2.05, 4.69) is 4.98 Å². The van der Waals surface area contributed by atoms with Gasteiger partial charge in [-0.2, -0.15) is 13.2 Å². The van der Waals surface area contributed by atoms with Crippen LogP contribution in [0.4, 0.5) is 13.2 Å². The van der Waals surface area contributed by atoms with Gasteiger partial charge in [0.1, 0.15) is 11.5 Å². The molecule has 7 heteroatoms. The van der Waals surface area contributed by atoms with Gasteiger partial charge in [-0.3, -0.25) is 14.6 Å². The highest BCUT2D eigenvalue weighted by atomic mass is 35.5. The first kappa shape index (κ1) is 13.6. The number of rotatable bonds is 3. The molecular weight excluding hydrogens is 259 g/mol. The van der Waals surface area contributed by atoms with Crippen molar-refractivity contribution in [3.8, 4) is 0 Å². The Morgan fingerprint density at radius 2 is 2.00 bits per heavy atom. The fraction of sp³-hybridized carbons (Fsp3) is 0.300. The third-order valence-corrected chi connectivity index (χ3v) is 2.13. The Labute approximate surface area is 99.6 Å². The SMILES string of the molecule is CC(=O)CC(=O)c1ncc(C(F)(F)F)cc1Cl. The van der Waals surface area contributed by atoms with E-state index in [1.54, 1.807) is 0 Å². The molecule has 0 aliphatic carbocycles. The van der Waals surface area contributed by atoms with E-state index in [9.17, 15) is 22.8 Å². The van der Waals surface area contributed by atoms with E-state index in [1.165, 1.54) is 6.92 Å². The van der Waals surface area contributed by atoms with Gasteiger partial charge in [0.05, 0.1) is 17.0 Å². The highest BCUT2D eigenvalue weighted by Crippen LogP contribution is 2.31. The van der Waals surface area contributed by atoms with Crippen molar-refractivity contribution < 1.29 is 22.8 Å². The van der Waals surface area contributed by atoms with E-state index in [-0.39, 0.29) is 5.69 Å². The van der Waals surface area contributed by atoms with Gasteiger partial charge in [0.25, 0.3) is 0 Å². The minimum absolute atomic E-state index is 0.324. The zero-order chi connectivity index (χ0) is 13.2. The van der Waals surface area contributed by atoms with E-state index in [4.69, 9.17) is 11.6 Å². The van der Waals surface area contributed by atoms with Crippen molar-refractivity contribution in [1.82, 2.24) is 4.98 Å². The van der Waals surface area contributed by atoms with Crippen LogP contribution in [-0.4, -0.2) is 16.6 Å². The maximum atomic E-state index is 12.3. The highest BCUT2D eigenvalue weighted by molar-refractivity contribution is 6.34. The molecule has 0 fully saturated rings. The molecular formula is C10H7ClF3NO2. The second-order valence-corrected chi connectivity index (χ2v) is 3.76. The van der Waals surface area contributed by atoms with Crippen molar-refractivity contribution in [2.45, 2.75) is 19.5 Å². The molecule has 1 aromatic heterocycles. The first-order valence-corrected chi connectivity index (χ1v) is 4.85. The number of nitrogens with zero attached hydrogens (tertiary/aromatic N) is 1. The molecule has 3 nitrogen and oxygen atoms in total. The molecule has 0 N–H and O–H groups in total. The number of alkyl halides is 3. The van der Waals surface area contributed by atoms with Crippen LogP contribution in [0.3, 0.4) is 0 Å². The molecule has 0 radical (unpaired) electrons. The van der Waals surface area contributed by atoms with Crippen LogP contribution in [0.15, 0.2) is 12.3 Å². The number of ketones is 2. The second-order valence-electron chi connectivity index (χ2n) is 3.35. The first-order chi connectivity index (χ1) is 7.71. The van der Waals surface area contributed by atoms with Gasteiger partial charge in [0.15, 0.2) is 5.78 Å². The molecule has 1 heterocycles. The van der Waals surface area contributed by atoms with Crippen LogP contribution in [0.2, 0.25) is 5.02 Å². The number of pyridine rings is 1. The Kier molecular flexibility index (Phi) is 3.87. The summed E-state index contributed by atoms with van der Waals surface area (Å²) in [6.45, 7) is 1.19. The molecule has 0 aromatic carbocycles. The van der Waals surface area contributed by atoms with Crippen LogP contribution in [0.25, 0.3) is 0 Å². The van der Waals surface area contributed by atoms with Gasteiger partial charge in [-0.1, -0.05) is 11.6 Å². The van der Waals surface area contributed by atoms with Crippen molar-refractivity contribution in [2.24, 2.45) is 0 Å². The normalized spacial score (nSPS) is 11.4. The third kappa shape index (κ3) is 3.52. The lowest BCUT2D eigenvalue weighted by atomic mass is 10.1. The summed E-state index contributed by atoms with van der Waals surface area (Å²) < 4.78 is 36.8. The zero-order valence-corrected chi connectivity index (χ0v) is 9.39. The topological polar surface area (TPSA) is 47.0 Å². The van der Waals surface area contributed by atoms with E-state index >= 15 is 0 Å². The minimum Gasteiger partial charge on any atom is -0.300 e. The Balaban J connectivity index is 3.06. The smallest absolute Gasteiger partial charge is 0.300 e. The first-order valence-electron chi connectivity index (χ1n) is 4.47. The predicted molar refractivity (Wildman–Crippen MR) is 53.9 cm³/mol. The summed E-state index contributed by atoms with van der Waals surface area (Å²) in [6.07, 6.45) is -4.49. The summed E-state index contributed by atoms with van der Waals surface area (Å²) in [7, 11) is 0. The Morgan fingerprint density at radius 3 is 2.41 bits per heavy atom. The molecule has 0 aliphatic heterocycles. The van der Waals surface area contributed by atoms with Crippen LogP contribution in [0.5, 0.6) is 0 Å². The van der Waals surface area contributed by atoms with Gasteiger partial charge in [-0.05, 0) is 13.0 Å². The monoisotopic (exact) mass is 265 g/mol. The maximum Gasteiger partial charge on any atom is 0.417 e. The Bertz CT molecular complexity index is 471. The van der Waals surface area contributed by atoms with E-state index in [0.717, 1.165) is 0 Å². The van der Waals surface area contributed by atoms with Gasteiger partial charge in [0.2, 0.25) is 0 Å². The number of carbonyl (C=O) groups excluding carboxylic acids is 2. The summed E-state index contributed by atoms with van der Waals surface area (Å²) in [5.41, 5.74) is -1.36. The van der Waals surface area contributed by atoms with Crippen LogP contribution < -0.4 is 0 Å². The molecule has 0 saturated carbocycles. The van der Waals surface area contributed by atoms with Crippen LogP contribution >= 0.6 is 11.6 Å². The van der Waals surface area contributed by atoms with Crippen LogP contribution in [0, 0.1) is 0 Å². The summed E-state index contributed by atoms with van der Waals surface area (Å²) in [6, 6.07) is 0.613. The number of aromatic nitrogens is 1. The molecule has 0 spiro atoms. The minimum atomic E-state index is -4.57. The number of carbonyl (C=O) groups is 2. The van der Waals surface area contributed by atoms with Crippen molar-refractivity contribution >= 4 is 23.2 Å². The molecule has 0 unspecified atom stereocenters. The number of Topliss-reactive ketones (excluding diaryl/α,β-unsaturated/α-hetero) is 2. The van der Waals surface area contributed by atoms with Crippen molar-refractivity contribution in [1.29, 1.82) is 0 Å². The number of halogens is 4. The van der Waals surface area contributed by atoms with Crippen LogP contribution in [-0.2, 0) is 11.0 Å². The fourth-order valence-electron chi connectivity index (χ4n) is 1.11. The lowest BCUT2D eigenvalue weighted by Crippen LogP contribution is -2.11. The lowest BCUT2D eigenvalue weighted by molar-refractivity contribution is -0.137. The lowest BCUT2D eigenvalue weighted by Gasteiger charge is -2.08. The summed E-state index contributed by atoms with van der Waals surface area (Å²) >= 11 is 5.52. The van der Waals surface area contributed by atoms with Gasteiger partial charge in [-0.25, -0.2) is 0 Å². The van der Waals surface area contributed by atoms with E-state index in [0.29, 0.717) is 12.3 Å². The highest BCUT2D eigenvalue weighted by Gasteiger charge is 2.32. The number of hydrogen-bond donors (Lipinski definition) is 0. The zero-order valence-electron chi connectivity index (χ0n) is 8.64. The molecule has 0 atom stereocenters. The third-order valence-electron chi connectivity index (χ3n) is 1.84. The molecule has 0 aliphatic rings. The number of hydrogen-bond acceptors (Lipinski definition) is 3. The van der Waals surface area contributed by atoms with Crippen LogP contribution in [0.1, 0.15) is 29.4 Å². The molecule has 17 heavy (non-hydrogen) atoms. The van der Waals surface area contributed by atoms with Crippen molar-refractivity contribution in [3.63, 3.8) is 0 Å². The largest absolute Gasteiger partial charge is 0.417 e. The predicted octanol–water partition coefficient (Wildman–Crippen LogP) is 2.92. The fourth-order valence-corrected chi connectivity index (χ4v) is 1.38.